The standard InChI is InChI=1S/C13H17N3O2/c1-9(2)14-7-5-6-11-8-16(10(3)4)13(18)15-12(11)17/h8,10,14H,1,7H2,2-4H3,(H,15,17,18). The van der Waals surface area contributed by atoms with Crippen molar-refractivity contribution in [3.63, 3.8) is 0 Å². The van der Waals surface area contributed by atoms with Gasteiger partial charge in [0, 0.05) is 17.9 Å². The summed E-state index contributed by atoms with van der Waals surface area (Å²) in [5.41, 5.74) is 0.220. The molecular formula is C13H17N3O2. The van der Waals surface area contributed by atoms with E-state index in [1.54, 1.807) is 0 Å². The SMILES string of the molecule is C=C(C)NCC#Cc1cn(C(C)C)c(=O)[nH]c1=O. The fourth-order valence-corrected chi connectivity index (χ4v) is 1.29. The molecule has 5 heteroatoms. The minimum atomic E-state index is -0.459. The average molecular weight is 247 g/mol. The van der Waals surface area contributed by atoms with E-state index in [1.165, 1.54) is 10.8 Å². The first kappa shape index (κ1) is 13.8. The van der Waals surface area contributed by atoms with Crippen LogP contribution in [-0.2, 0) is 0 Å². The second-order valence-corrected chi connectivity index (χ2v) is 4.24. The lowest BCUT2D eigenvalue weighted by atomic mass is 10.3. The second kappa shape index (κ2) is 5.92. The van der Waals surface area contributed by atoms with E-state index in [9.17, 15) is 9.59 Å². The zero-order valence-corrected chi connectivity index (χ0v) is 10.8. The lowest BCUT2D eigenvalue weighted by Crippen LogP contribution is -2.32. The number of nitrogens with one attached hydrogen (secondary N) is 2. The van der Waals surface area contributed by atoms with Gasteiger partial charge < -0.3 is 5.32 Å². The highest BCUT2D eigenvalue weighted by atomic mass is 16.2. The van der Waals surface area contributed by atoms with Crippen molar-refractivity contribution in [2.24, 2.45) is 0 Å². The van der Waals surface area contributed by atoms with Gasteiger partial charge in [0.2, 0.25) is 0 Å². The van der Waals surface area contributed by atoms with Crippen LogP contribution in [0.4, 0.5) is 0 Å². The van der Waals surface area contributed by atoms with Crippen LogP contribution in [-0.4, -0.2) is 16.1 Å². The Morgan fingerprint density at radius 2 is 2.22 bits per heavy atom. The van der Waals surface area contributed by atoms with Gasteiger partial charge in [-0.25, -0.2) is 4.79 Å². The van der Waals surface area contributed by atoms with Gasteiger partial charge in [-0.3, -0.25) is 14.3 Å². The predicted octanol–water partition coefficient (Wildman–Crippen LogP) is 0.592. The van der Waals surface area contributed by atoms with Crippen molar-refractivity contribution in [1.82, 2.24) is 14.9 Å². The van der Waals surface area contributed by atoms with E-state index in [0.29, 0.717) is 6.54 Å². The zero-order valence-electron chi connectivity index (χ0n) is 10.8. The van der Waals surface area contributed by atoms with Gasteiger partial charge in [0.25, 0.3) is 5.56 Å². The van der Waals surface area contributed by atoms with E-state index >= 15 is 0 Å². The molecule has 0 saturated heterocycles. The fraction of sp³-hybridized carbons (Fsp3) is 0.385. The minimum Gasteiger partial charge on any atom is -0.378 e. The molecule has 96 valence electrons. The number of aromatic nitrogens is 2. The van der Waals surface area contributed by atoms with Crippen LogP contribution in [0.1, 0.15) is 32.4 Å². The average Bonchev–Trinajstić information content (AvgIpc) is 2.25. The Morgan fingerprint density at radius 3 is 2.78 bits per heavy atom. The summed E-state index contributed by atoms with van der Waals surface area (Å²) in [6, 6.07) is -0.0246. The molecule has 0 amide bonds. The normalized spacial score (nSPS) is 9.78. The smallest absolute Gasteiger partial charge is 0.328 e. The highest BCUT2D eigenvalue weighted by Gasteiger charge is 2.04. The van der Waals surface area contributed by atoms with E-state index < -0.39 is 11.2 Å². The maximum absolute atomic E-state index is 11.5. The van der Waals surface area contributed by atoms with E-state index in [2.05, 4.69) is 28.7 Å². The largest absolute Gasteiger partial charge is 0.378 e. The summed E-state index contributed by atoms with van der Waals surface area (Å²) in [6.45, 7) is 9.63. The molecule has 0 aliphatic rings. The molecule has 2 N–H and O–H groups in total. The van der Waals surface area contributed by atoms with Crippen molar-refractivity contribution in [1.29, 1.82) is 0 Å². The molecule has 0 unspecified atom stereocenters. The number of hydrogen-bond donors (Lipinski definition) is 2. The second-order valence-electron chi connectivity index (χ2n) is 4.24. The molecule has 0 bridgehead atoms. The van der Waals surface area contributed by atoms with Gasteiger partial charge in [-0.05, 0) is 20.8 Å². The van der Waals surface area contributed by atoms with Gasteiger partial charge in [-0.15, -0.1) is 0 Å². The van der Waals surface area contributed by atoms with Crippen molar-refractivity contribution in [3.05, 3.63) is 44.9 Å². The molecule has 1 aromatic heterocycles. The van der Waals surface area contributed by atoms with Gasteiger partial charge >= 0.3 is 5.69 Å². The quantitative estimate of drug-likeness (QED) is 0.768. The highest BCUT2D eigenvalue weighted by Crippen LogP contribution is 1.98. The van der Waals surface area contributed by atoms with Gasteiger partial charge in [0.15, 0.2) is 0 Å². The third-order valence-electron chi connectivity index (χ3n) is 2.23. The summed E-state index contributed by atoms with van der Waals surface area (Å²) in [5, 5.41) is 2.94. The molecule has 1 rings (SSSR count). The van der Waals surface area contributed by atoms with Crippen molar-refractivity contribution in [2.75, 3.05) is 6.54 Å². The maximum atomic E-state index is 11.5. The monoisotopic (exact) mass is 247 g/mol. The van der Waals surface area contributed by atoms with Crippen LogP contribution < -0.4 is 16.6 Å². The van der Waals surface area contributed by atoms with Crippen LogP contribution in [0.2, 0.25) is 0 Å². The molecule has 0 fully saturated rings. The van der Waals surface area contributed by atoms with Gasteiger partial charge in [-0.2, -0.15) is 0 Å². The van der Waals surface area contributed by atoms with Gasteiger partial charge in [0.05, 0.1) is 6.54 Å². The number of allylic oxidation sites excluding steroid dienone is 1. The van der Waals surface area contributed by atoms with E-state index in [1.807, 2.05) is 20.8 Å². The van der Waals surface area contributed by atoms with Crippen LogP contribution in [0.15, 0.2) is 28.1 Å². The Balaban J connectivity index is 3.03. The molecule has 0 aliphatic heterocycles. The number of H-pyrrole nitrogens is 1. The summed E-state index contributed by atoms with van der Waals surface area (Å²) in [4.78, 5) is 25.3. The van der Waals surface area contributed by atoms with Crippen LogP contribution in [0.5, 0.6) is 0 Å². The summed E-state index contributed by atoms with van der Waals surface area (Å²) in [7, 11) is 0. The Hall–Kier alpha value is -2.22. The summed E-state index contributed by atoms with van der Waals surface area (Å²) in [5.74, 6) is 5.54. The summed E-state index contributed by atoms with van der Waals surface area (Å²) < 4.78 is 1.44. The summed E-state index contributed by atoms with van der Waals surface area (Å²) >= 11 is 0. The topological polar surface area (TPSA) is 66.9 Å². The molecule has 1 aromatic rings. The predicted molar refractivity (Wildman–Crippen MR) is 71.4 cm³/mol. The Kier molecular flexibility index (Phi) is 4.55. The van der Waals surface area contributed by atoms with Crippen LogP contribution in [0.3, 0.4) is 0 Å². The molecule has 0 radical (unpaired) electrons. The first-order valence-corrected chi connectivity index (χ1v) is 5.65. The Labute approximate surface area is 106 Å². The third-order valence-corrected chi connectivity index (χ3v) is 2.23. The van der Waals surface area contributed by atoms with E-state index in [0.717, 1.165) is 5.70 Å². The fourth-order valence-electron chi connectivity index (χ4n) is 1.29. The molecule has 5 nitrogen and oxygen atoms in total. The van der Waals surface area contributed by atoms with Crippen LogP contribution in [0, 0.1) is 11.8 Å². The van der Waals surface area contributed by atoms with Crippen molar-refractivity contribution < 1.29 is 0 Å². The highest BCUT2D eigenvalue weighted by molar-refractivity contribution is 5.30. The van der Waals surface area contributed by atoms with Crippen molar-refractivity contribution >= 4 is 0 Å². The molecular weight excluding hydrogens is 230 g/mol. The molecule has 0 aromatic carbocycles. The summed E-state index contributed by atoms with van der Waals surface area (Å²) in [6.07, 6.45) is 1.49. The molecule has 1 heterocycles. The first-order valence-electron chi connectivity index (χ1n) is 5.65. The molecule has 0 atom stereocenters. The van der Waals surface area contributed by atoms with Crippen molar-refractivity contribution in [3.8, 4) is 11.8 Å². The Bertz CT molecular complexity index is 612. The van der Waals surface area contributed by atoms with Crippen LogP contribution >= 0.6 is 0 Å². The van der Waals surface area contributed by atoms with Crippen LogP contribution in [0.25, 0.3) is 0 Å². The number of hydrogen-bond acceptors (Lipinski definition) is 3. The molecule has 18 heavy (non-hydrogen) atoms. The van der Waals surface area contributed by atoms with Crippen molar-refractivity contribution in [2.45, 2.75) is 26.8 Å². The van der Waals surface area contributed by atoms with E-state index in [4.69, 9.17) is 0 Å². The maximum Gasteiger partial charge on any atom is 0.328 e. The number of rotatable bonds is 3. The Morgan fingerprint density at radius 1 is 1.56 bits per heavy atom. The van der Waals surface area contributed by atoms with Gasteiger partial charge in [0.1, 0.15) is 5.56 Å². The lowest BCUT2D eigenvalue weighted by Gasteiger charge is -2.08. The van der Waals surface area contributed by atoms with E-state index in [-0.39, 0.29) is 11.6 Å². The third kappa shape index (κ3) is 3.67. The minimum absolute atomic E-state index is 0.0246. The molecule has 0 saturated carbocycles. The first-order chi connectivity index (χ1) is 8.41. The lowest BCUT2D eigenvalue weighted by molar-refractivity contribution is 0.560. The molecule has 0 aliphatic carbocycles. The zero-order chi connectivity index (χ0) is 13.7. The molecule has 0 spiro atoms. The number of nitrogens with zero attached hydrogens (tertiary/aromatic N) is 1. The van der Waals surface area contributed by atoms with Gasteiger partial charge in [-0.1, -0.05) is 18.4 Å². The number of aromatic amines is 1.